The summed E-state index contributed by atoms with van der Waals surface area (Å²) in [6, 6.07) is 15.6. The van der Waals surface area contributed by atoms with Gasteiger partial charge in [0.1, 0.15) is 11.3 Å². The summed E-state index contributed by atoms with van der Waals surface area (Å²) in [6.45, 7) is 0.00389. The first kappa shape index (κ1) is 17.6. The number of anilines is 1. The highest BCUT2D eigenvalue weighted by Crippen LogP contribution is 2.32. The van der Waals surface area contributed by atoms with Crippen LogP contribution in [-0.4, -0.2) is 24.6 Å². The third-order valence-corrected chi connectivity index (χ3v) is 5.33. The van der Waals surface area contributed by atoms with Crippen molar-refractivity contribution in [1.82, 2.24) is 19.5 Å². The van der Waals surface area contributed by atoms with E-state index in [0.29, 0.717) is 11.6 Å². The van der Waals surface area contributed by atoms with Gasteiger partial charge in [0.25, 0.3) is 0 Å². The SMILES string of the molecule is Nc1ncccc1-c1nc2ccc(C3=CCCC3)nc2n1-c1ccc(CO)cc1. The number of nitrogen functional groups attached to an aromatic ring is 1. The number of hydrogen-bond donors (Lipinski definition) is 2. The van der Waals surface area contributed by atoms with Crippen LogP contribution < -0.4 is 5.73 Å². The molecule has 3 N–H and O–H groups in total. The molecule has 5 rings (SSSR count). The fraction of sp³-hybridized carbons (Fsp3) is 0.174. The van der Waals surface area contributed by atoms with Crippen LogP contribution in [0.1, 0.15) is 30.5 Å². The number of hydrogen-bond acceptors (Lipinski definition) is 5. The zero-order valence-electron chi connectivity index (χ0n) is 15.9. The van der Waals surface area contributed by atoms with Gasteiger partial charge in [0.2, 0.25) is 0 Å². The fourth-order valence-electron chi connectivity index (χ4n) is 3.82. The second-order valence-electron chi connectivity index (χ2n) is 7.19. The lowest BCUT2D eigenvalue weighted by Crippen LogP contribution is -2.02. The van der Waals surface area contributed by atoms with Crippen LogP contribution in [0.4, 0.5) is 5.82 Å². The maximum atomic E-state index is 9.39. The van der Waals surface area contributed by atoms with Crippen LogP contribution in [-0.2, 0) is 6.61 Å². The van der Waals surface area contributed by atoms with Gasteiger partial charge in [0.05, 0.1) is 17.9 Å². The largest absolute Gasteiger partial charge is 0.392 e. The lowest BCUT2D eigenvalue weighted by molar-refractivity contribution is 0.282. The zero-order valence-corrected chi connectivity index (χ0v) is 15.9. The molecule has 0 radical (unpaired) electrons. The van der Waals surface area contributed by atoms with Gasteiger partial charge in [-0.2, -0.15) is 0 Å². The van der Waals surface area contributed by atoms with Gasteiger partial charge in [-0.15, -0.1) is 0 Å². The molecule has 3 heterocycles. The van der Waals surface area contributed by atoms with E-state index in [0.717, 1.165) is 46.5 Å². The topological polar surface area (TPSA) is 89.9 Å². The lowest BCUT2D eigenvalue weighted by Gasteiger charge is -2.11. The molecule has 6 nitrogen and oxygen atoms in total. The Morgan fingerprint density at radius 2 is 1.90 bits per heavy atom. The summed E-state index contributed by atoms with van der Waals surface area (Å²) >= 11 is 0. The number of nitrogens with two attached hydrogens (primary N) is 1. The number of benzene rings is 1. The number of nitrogens with zero attached hydrogens (tertiary/aromatic N) is 4. The third kappa shape index (κ3) is 3.07. The van der Waals surface area contributed by atoms with Crippen molar-refractivity contribution in [2.24, 2.45) is 0 Å². The van der Waals surface area contributed by atoms with Crippen LogP contribution >= 0.6 is 0 Å². The monoisotopic (exact) mass is 383 g/mol. The minimum absolute atomic E-state index is 0.00389. The quantitative estimate of drug-likeness (QED) is 0.553. The number of rotatable bonds is 4. The van der Waals surface area contributed by atoms with Gasteiger partial charge in [-0.05, 0) is 66.8 Å². The summed E-state index contributed by atoms with van der Waals surface area (Å²) in [5.74, 6) is 1.13. The standard InChI is InChI=1S/C23H21N5O/c24-21-18(6-3-13-25-21)22-27-20-12-11-19(16-4-1-2-5-16)26-23(20)28(22)17-9-7-15(14-29)8-10-17/h3-4,6-13,29H,1-2,5,14H2,(H2,24,25). The molecule has 0 aliphatic heterocycles. The van der Waals surface area contributed by atoms with E-state index < -0.39 is 0 Å². The maximum absolute atomic E-state index is 9.39. The van der Waals surface area contributed by atoms with Crippen LogP contribution in [0.25, 0.3) is 33.8 Å². The average molecular weight is 383 g/mol. The molecule has 0 atom stereocenters. The minimum atomic E-state index is 0.00389. The maximum Gasteiger partial charge on any atom is 0.165 e. The zero-order chi connectivity index (χ0) is 19.8. The molecule has 0 saturated heterocycles. The summed E-state index contributed by atoms with van der Waals surface area (Å²) < 4.78 is 2.02. The third-order valence-electron chi connectivity index (χ3n) is 5.33. The van der Waals surface area contributed by atoms with Crippen molar-refractivity contribution < 1.29 is 5.11 Å². The van der Waals surface area contributed by atoms with Gasteiger partial charge >= 0.3 is 0 Å². The first-order chi connectivity index (χ1) is 14.2. The second-order valence-corrected chi connectivity index (χ2v) is 7.19. The molecule has 29 heavy (non-hydrogen) atoms. The Bertz CT molecular complexity index is 1220. The molecule has 144 valence electrons. The molecule has 0 unspecified atom stereocenters. The van der Waals surface area contributed by atoms with E-state index in [1.807, 2.05) is 53.1 Å². The number of aromatic nitrogens is 4. The molecule has 3 aromatic heterocycles. The Hall–Kier alpha value is -3.51. The van der Waals surface area contributed by atoms with Crippen molar-refractivity contribution in [1.29, 1.82) is 0 Å². The molecule has 0 fully saturated rings. The van der Waals surface area contributed by atoms with Gasteiger partial charge in [-0.25, -0.2) is 15.0 Å². The molecule has 0 bridgehead atoms. The van der Waals surface area contributed by atoms with E-state index in [2.05, 4.69) is 11.1 Å². The van der Waals surface area contributed by atoms with E-state index in [9.17, 15) is 5.11 Å². The summed E-state index contributed by atoms with van der Waals surface area (Å²) in [5.41, 5.74) is 12.6. The van der Waals surface area contributed by atoms with Gasteiger partial charge < -0.3 is 10.8 Å². The molecular formula is C23H21N5O. The average Bonchev–Trinajstić information content (AvgIpc) is 3.42. The van der Waals surface area contributed by atoms with Crippen LogP contribution in [0.3, 0.4) is 0 Å². The second kappa shape index (κ2) is 7.14. The van der Waals surface area contributed by atoms with E-state index in [1.165, 1.54) is 12.0 Å². The predicted octanol–water partition coefficient (Wildman–Crippen LogP) is 4.12. The van der Waals surface area contributed by atoms with E-state index in [1.54, 1.807) is 6.20 Å². The molecule has 1 aromatic carbocycles. The van der Waals surface area contributed by atoms with Crippen LogP contribution in [0, 0.1) is 0 Å². The molecular weight excluding hydrogens is 362 g/mol. The molecule has 1 aliphatic rings. The van der Waals surface area contributed by atoms with Crippen molar-refractivity contribution >= 4 is 22.6 Å². The first-order valence-corrected chi connectivity index (χ1v) is 9.74. The van der Waals surface area contributed by atoms with Crippen LogP contribution in [0.15, 0.2) is 60.8 Å². The lowest BCUT2D eigenvalue weighted by atomic mass is 10.1. The van der Waals surface area contributed by atoms with E-state index in [-0.39, 0.29) is 6.61 Å². The fourth-order valence-corrected chi connectivity index (χ4v) is 3.82. The van der Waals surface area contributed by atoms with Crippen LogP contribution in [0.2, 0.25) is 0 Å². The normalized spacial score (nSPS) is 13.8. The van der Waals surface area contributed by atoms with Gasteiger partial charge in [-0.3, -0.25) is 4.57 Å². The Morgan fingerprint density at radius 3 is 2.62 bits per heavy atom. The van der Waals surface area contributed by atoms with Gasteiger partial charge in [-0.1, -0.05) is 18.2 Å². The van der Waals surface area contributed by atoms with Crippen molar-refractivity contribution in [3.63, 3.8) is 0 Å². The molecule has 0 spiro atoms. The Labute approximate surface area is 168 Å². The summed E-state index contributed by atoms with van der Waals surface area (Å²) in [7, 11) is 0. The summed E-state index contributed by atoms with van der Waals surface area (Å²) in [4.78, 5) is 14.0. The molecule has 0 amide bonds. The van der Waals surface area contributed by atoms with Crippen molar-refractivity contribution in [3.05, 3.63) is 72.1 Å². The number of imidazole rings is 1. The van der Waals surface area contributed by atoms with E-state index >= 15 is 0 Å². The number of pyridine rings is 2. The highest BCUT2D eigenvalue weighted by molar-refractivity contribution is 5.84. The number of aliphatic hydroxyl groups excluding tert-OH is 1. The number of allylic oxidation sites excluding steroid dienone is 2. The summed E-state index contributed by atoms with van der Waals surface area (Å²) in [5, 5.41) is 9.39. The highest BCUT2D eigenvalue weighted by atomic mass is 16.3. The highest BCUT2D eigenvalue weighted by Gasteiger charge is 2.19. The first-order valence-electron chi connectivity index (χ1n) is 9.74. The number of aliphatic hydroxyl groups is 1. The van der Waals surface area contributed by atoms with Crippen molar-refractivity contribution in [2.45, 2.75) is 25.9 Å². The van der Waals surface area contributed by atoms with Crippen molar-refractivity contribution in [2.75, 3.05) is 5.73 Å². The van der Waals surface area contributed by atoms with Crippen LogP contribution in [0.5, 0.6) is 0 Å². The molecule has 0 saturated carbocycles. The Balaban J connectivity index is 1.77. The summed E-state index contributed by atoms with van der Waals surface area (Å²) in [6.07, 6.45) is 7.28. The van der Waals surface area contributed by atoms with E-state index in [4.69, 9.17) is 15.7 Å². The molecule has 6 heteroatoms. The minimum Gasteiger partial charge on any atom is -0.392 e. The molecule has 4 aromatic rings. The van der Waals surface area contributed by atoms with Gasteiger partial charge in [0, 0.05) is 11.9 Å². The molecule has 1 aliphatic carbocycles. The number of fused-ring (bicyclic) bond motifs is 1. The predicted molar refractivity (Wildman–Crippen MR) is 114 cm³/mol. The van der Waals surface area contributed by atoms with Gasteiger partial charge in [0.15, 0.2) is 11.5 Å². The van der Waals surface area contributed by atoms with Crippen molar-refractivity contribution in [3.8, 4) is 17.1 Å². The Morgan fingerprint density at radius 1 is 1.03 bits per heavy atom. The Kier molecular flexibility index (Phi) is 4.33. The smallest absolute Gasteiger partial charge is 0.165 e.